The molecule has 0 aliphatic rings. The van der Waals surface area contributed by atoms with Crippen molar-refractivity contribution in [3.05, 3.63) is 24.3 Å². The summed E-state index contributed by atoms with van der Waals surface area (Å²) in [5.41, 5.74) is 0.935. The fourth-order valence-electron chi connectivity index (χ4n) is 1.04. The third kappa shape index (κ3) is 5.04. The molecule has 1 heterocycles. The largest absolute Gasteiger partial charge is 0.311 e. The summed E-state index contributed by atoms with van der Waals surface area (Å²) in [4.78, 5) is 8.09. The molecule has 1 atom stereocenters. The summed E-state index contributed by atoms with van der Waals surface area (Å²) in [5.74, 6) is 0.757. The second-order valence-electron chi connectivity index (χ2n) is 3.00. The predicted molar refractivity (Wildman–Crippen MR) is 57.3 cm³/mol. The van der Waals surface area contributed by atoms with Crippen LogP contribution < -0.4 is 5.32 Å². The topological polar surface area (TPSA) is 54.9 Å². The van der Waals surface area contributed by atoms with E-state index in [1.165, 1.54) is 0 Å². The molecule has 0 radical (unpaired) electrons. The SMILES string of the molecule is CS(=O)CCCNCc1cnccn1. The van der Waals surface area contributed by atoms with E-state index in [1.54, 1.807) is 24.8 Å². The first-order valence-corrected chi connectivity index (χ1v) is 6.27. The number of nitrogens with zero attached hydrogens (tertiary/aromatic N) is 2. The minimum atomic E-state index is -0.681. The van der Waals surface area contributed by atoms with Gasteiger partial charge in [-0.2, -0.15) is 0 Å². The van der Waals surface area contributed by atoms with Crippen LogP contribution in [0.1, 0.15) is 12.1 Å². The lowest BCUT2D eigenvalue weighted by molar-refractivity contribution is 0.654. The first kappa shape index (κ1) is 11.3. The van der Waals surface area contributed by atoms with Crippen molar-refractivity contribution in [2.24, 2.45) is 0 Å². The lowest BCUT2D eigenvalue weighted by atomic mass is 10.4. The normalized spacial score (nSPS) is 12.6. The van der Waals surface area contributed by atoms with Crippen molar-refractivity contribution in [1.82, 2.24) is 15.3 Å². The summed E-state index contributed by atoms with van der Waals surface area (Å²) in [7, 11) is -0.681. The van der Waals surface area contributed by atoms with Gasteiger partial charge in [-0.15, -0.1) is 0 Å². The summed E-state index contributed by atoms with van der Waals surface area (Å²) >= 11 is 0. The molecule has 0 fully saturated rings. The van der Waals surface area contributed by atoms with E-state index in [0.29, 0.717) is 0 Å². The van der Waals surface area contributed by atoms with E-state index in [9.17, 15) is 4.21 Å². The highest BCUT2D eigenvalue weighted by Gasteiger charge is 1.94. The van der Waals surface area contributed by atoms with Crippen molar-refractivity contribution in [3.8, 4) is 0 Å². The van der Waals surface area contributed by atoms with Gasteiger partial charge >= 0.3 is 0 Å². The van der Waals surface area contributed by atoms with Gasteiger partial charge in [0.25, 0.3) is 0 Å². The number of aromatic nitrogens is 2. The molecule has 0 aromatic carbocycles. The standard InChI is InChI=1S/C9H15N3OS/c1-14(13)6-2-3-10-7-9-8-11-4-5-12-9/h4-5,8,10H,2-3,6-7H2,1H3. The highest BCUT2D eigenvalue weighted by atomic mass is 32.2. The molecule has 0 saturated heterocycles. The molecule has 1 rings (SSSR count). The molecule has 4 nitrogen and oxygen atoms in total. The van der Waals surface area contributed by atoms with E-state index in [0.717, 1.165) is 31.0 Å². The third-order valence-electron chi connectivity index (χ3n) is 1.71. The summed E-state index contributed by atoms with van der Waals surface area (Å²) < 4.78 is 10.7. The maximum atomic E-state index is 10.7. The predicted octanol–water partition coefficient (Wildman–Crippen LogP) is 0.335. The monoisotopic (exact) mass is 213 g/mol. The Hall–Kier alpha value is -0.810. The summed E-state index contributed by atoms with van der Waals surface area (Å²) in [6, 6.07) is 0. The summed E-state index contributed by atoms with van der Waals surface area (Å²) in [6.45, 7) is 1.60. The van der Waals surface area contributed by atoms with E-state index in [-0.39, 0.29) is 0 Å². The van der Waals surface area contributed by atoms with Crippen LogP contribution >= 0.6 is 0 Å². The van der Waals surface area contributed by atoms with Crippen LogP contribution in [-0.2, 0) is 17.3 Å². The molecule has 0 saturated carbocycles. The van der Waals surface area contributed by atoms with E-state index in [1.807, 2.05) is 0 Å². The van der Waals surface area contributed by atoms with Crippen molar-refractivity contribution < 1.29 is 4.21 Å². The molecule has 5 heteroatoms. The third-order valence-corrected chi connectivity index (χ3v) is 2.57. The fourth-order valence-corrected chi connectivity index (χ4v) is 1.59. The fraction of sp³-hybridized carbons (Fsp3) is 0.556. The Bertz CT molecular complexity index is 279. The van der Waals surface area contributed by atoms with Gasteiger partial charge < -0.3 is 5.32 Å². The molecular formula is C9H15N3OS. The number of rotatable bonds is 6. The van der Waals surface area contributed by atoms with Crippen LogP contribution in [0.25, 0.3) is 0 Å². The molecule has 1 aromatic heterocycles. The van der Waals surface area contributed by atoms with E-state index in [2.05, 4.69) is 15.3 Å². The van der Waals surface area contributed by atoms with Gasteiger partial charge in [-0.1, -0.05) is 0 Å². The molecule has 14 heavy (non-hydrogen) atoms. The Kier molecular flexibility index (Phi) is 5.32. The maximum absolute atomic E-state index is 10.7. The Morgan fingerprint density at radius 1 is 1.50 bits per heavy atom. The van der Waals surface area contributed by atoms with Gasteiger partial charge in [-0.25, -0.2) is 0 Å². The van der Waals surface area contributed by atoms with E-state index < -0.39 is 10.8 Å². The van der Waals surface area contributed by atoms with Crippen LogP contribution in [0, 0.1) is 0 Å². The van der Waals surface area contributed by atoms with Gasteiger partial charge in [0.1, 0.15) is 0 Å². The average molecular weight is 213 g/mol. The van der Waals surface area contributed by atoms with Gasteiger partial charge in [0.2, 0.25) is 0 Å². The zero-order chi connectivity index (χ0) is 10.2. The van der Waals surface area contributed by atoms with Crippen molar-refractivity contribution >= 4 is 10.8 Å². The van der Waals surface area contributed by atoms with Gasteiger partial charge in [0.05, 0.1) is 5.69 Å². The van der Waals surface area contributed by atoms with Gasteiger partial charge in [0, 0.05) is 47.9 Å². The van der Waals surface area contributed by atoms with Crippen LogP contribution in [0.2, 0.25) is 0 Å². The Morgan fingerprint density at radius 3 is 3.00 bits per heavy atom. The molecule has 0 aliphatic carbocycles. The first-order valence-electron chi connectivity index (χ1n) is 4.54. The first-order chi connectivity index (χ1) is 6.79. The minimum absolute atomic E-state index is 0.681. The quantitative estimate of drug-likeness (QED) is 0.692. The lowest BCUT2D eigenvalue weighted by Gasteiger charge is -2.02. The average Bonchev–Trinajstić information content (AvgIpc) is 2.18. The molecule has 0 aliphatic heterocycles. The van der Waals surface area contributed by atoms with Crippen LogP contribution in [0.4, 0.5) is 0 Å². The molecule has 1 aromatic rings. The number of nitrogens with one attached hydrogen (secondary N) is 1. The second kappa shape index (κ2) is 6.62. The molecular weight excluding hydrogens is 198 g/mol. The number of hydrogen-bond acceptors (Lipinski definition) is 4. The van der Waals surface area contributed by atoms with Gasteiger partial charge in [-0.05, 0) is 13.0 Å². The zero-order valence-corrected chi connectivity index (χ0v) is 9.09. The molecule has 0 amide bonds. The highest BCUT2D eigenvalue weighted by molar-refractivity contribution is 7.84. The van der Waals surface area contributed by atoms with Crippen molar-refractivity contribution in [2.45, 2.75) is 13.0 Å². The van der Waals surface area contributed by atoms with Crippen LogP contribution in [-0.4, -0.2) is 32.7 Å². The summed E-state index contributed by atoms with van der Waals surface area (Å²) in [5, 5.41) is 3.22. The van der Waals surface area contributed by atoms with Crippen molar-refractivity contribution in [1.29, 1.82) is 0 Å². The minimum Gasteiger partial charge on any atom is -0.311 e. The van der Waals surface area contributed by atoms with Crippen molar-refractivity contribution in [3.63, 3.8) is 0 Å². The lowest BCUT2D eigenvalue weighted by Crippen LogP contribution is -2.17. The number of hydrogen-bond donors (Lipinski definition) is 1. The molecule has 0 bridgehead atoms. The van der Waals surface area contributed by atoms with Gasteiger partial charge in [-0.3, -0.25) is 14.2 Å². The maximum Gasteiger partial charge on any atom is 0.0724 e. The molecule has 0 spiro atoms. The van der Waals surface area contributed by atoms with E-state index >= 15 is 0 Å². The molecule has 1 unspecified atom stereocenters. The van der Waals surface area contributed by atoms with E-state index in [4.69, 9.17) is 0 Å². The van der Waals surface area contributed by atoms with Crippen molar-refractivity contribution in [2.75, 3.05) is 18.6 Å². The van der Waals surface area contributed by atoms with Crippen LogP contribution in [0.15, 0.2) is 18.6 Å². The second-order valence-corrected chi connectivity index (χ2v) is 4.56. The van der Waals surface area contributed by atoms with Crippen LogP contribution in [0.5, 0.6) is 0 Å². The highest BCUT2D eigenvalue weighted by Crippen LogP contribution is 1.89. The summed E-state index contributed by atoms with van der Waals surface area (Å²) in [6.07, 6.45) is 7.73. The zero-order valence-electron chi connectivity index (χ0n) is 8.27. The Balaban J connectivity index is 2.08. The van der Waals surface area contributed by atoms with Gasteiger partial charge in [0.15, 0.2) is 0 Å². The Morgan fingerprint density at radius 2 is 2.36 bits per heavy atom. The smallest absolute Gasteiger partial charge is 0.0724 e. The molecule has 1 N–H and O–H groups in total. The Labute approximate surface area is 86.6 Å². The van der Waals surface area contributed by atoms with Crippen LogP contribution in [0.3, 0.4) is 0 Å². The molecule has 78 valence electrons.